The van der Waals surface area contributed by atoms with Crippen molar-refractivity contribution in [1.82, 2.24) is 10.2 Å². The SMILES string of the molecule is CN1C(=Cc2ccc(Br)o2)C(=O)NC1=NC(=O)Nc1cccc(Cl)c1. The summed E-state index contributed by atoms with van der Waals surface area (Å²) in [5, 5.41) is 5.61. The van der Waals surface area contributed by atoms with E-state index < -0.39 is 6.03 Å². The first-order valence-electron chi connectivity index (χ1n) is 7.10. The largest absolute Gasteiger partial charge is 0.450 e. The highest BCUT2D eigenvalue weighted by atomic mass is 79.9. The Morgan fingerprint density at radius 2 is 2.20 bits per heavy atom. The number of amides is 3. The maximum atomic E-state index is 12.1. The van der Waals surface area contributed by atoms with Crippen molar-refractivity contribution in [1.29, 1.82) is 0 Å². The Bertz CT molecular complexity index is 906. The molecule has 25 heavy (non-hydrogen) atoms. The molecule has 0 aliphatic carbocycles. The Hall–Kier alpha value is -2.58. The third kappa shape index (κ3) is 4.09. The van der Waals surface area contributed by atoms with E-state index in [2.05, 4.69) is 31.6 Å². The normalized spacial score (nSPS) is 17.2. The molecule has 9 heteroatoms. The number of furan rings is 1. The first kappa shape index (κ1) is 17.2. The van der Waals surface area contributed by atoms with E-state index in [0.717, 1.165) is 0 Å². The van der Waals surface area contributed by atoms with Crippen LogP contribution < -0.4 is 10.6 Å². The van der Waals surface area contributed by atoms with Gasteiger partial charge in [0.05, 0.1) is 0 Å². The van der Waals surface area contributed by atoms with Crippen molar-refractivity contribution in [2.45, 2.75) is 0 Å². The lowest BCUT2D eigenvalue weighted by molar-refractivity contribution is -0.115. The standard InChI is InChI=1S/C16H12BrClN4O3/c1-22-12(8-11-5-6-13(17)25-11)14(23)20-15(22)21-16(24)19-10-4-2-3-9(18)7-10/h2-8H,1H3,(H2,19,20,21,23,24). The Morgan fingerprint density at radius 3 is 2.88 bits per heavy atom. The van der Waals surface area contributed by atoms with Gasteiger partial charge in [-0.05, 0) is 46.3 Å². The Balaban J connectivity index is 1.76. The number of carbonyl (C=O) groups excluding carboxylic acids is 2. The molecule has 3 rings (SSSR count). The van der Waals surface area contributed by atoms with Gasteiger partial charge < -0.3 is 14.6 Å². The summed E-state index contributed by atoms with van der Waals surface area (Å²) < 4.78 is 5.90. The number of aliphatic imine (C=N–C) groups is 1. The zero-order chi connectivity index (χ0) is 18.0. The van der Waals surface area contributed by atoms with E-state index in [-0.39, 0.29) is 11.9 Å². The van der Waals surface area contributed by atoms with E-state index in [4.69, 9.17) is 16.0 Å². The number of benzene rings is 1. The predicted molar refractivity (Wildman–Crippen MR) is 98.2 cm³/mol. The van der Waals surface area contributed by atoms with Crippen LogP contribution in [0, 0.1) is 0 Å². The molecule has 1 aliphatic rings. The monoisotopic (exact) mass is 422 g/mol. The maximum Gasteiger partial charge on any atom is 0.348 e. The van der Waals surface area contributed by atoms with Crippen LogP contribution in [0.5, 0.6) is 0 Å². The summed E-state index contributed by atoms with van der Waals surface area (Å²) in [7, 11) is 1.62. The van der Waals surface area contributed by atoms with Crippen LogP contribution in [0.1, 0.15) is 5.76 Å². The minimum Gasteiger partial charge on any atom is -0.450 e. The fraction of sp³-hybridized carbons (Fsp3) is 0.0625. The second-order valence-electron chi connectivity index (χ2n) is 5.06. The average molecular weight is 424 g/mol. The molecule has 1 aromatic heterocycles. The lowest BCUT2D eigenvalue weighted by atomic mass is 10.3. The number of likely N-dealkylation sites (N-methyl/N-ethyl adjacent to an activating group) is 1. The summed E-state index contributed by atoms with van der Waals surface area (Å²) in [6.07, 6.45) is 1.55. The molecule has 0 bridgehead atoms. The van der Waals surface area contributed by atoms with Gasteiger partial charge in [-0.3, -0.25) is 10.1 Å². The smallest absolute Gasteiger partial charge is 0.348 e. The maximum absolute atomic E-state index is 12.1. The van der Waals surface area contributed by atoms with Gasteiger partial charge in [0.15, 0.2) is 4.67 Å². The van der Waals surface area contributed by atoms with Crippen molar-refractivity contribution >= 4 is 57.2 Å². The van der Waals surface area contributed by atoms with Crippen LogP contribution in [-0.4, -0.2) is 29.8 Å². The van der Waals surface area contributed by atoms with Gasteiger partial charge in [0.2, 0.25) is 5.96 Å². The van der Waals surface area contributed by atoms with Gasteiger partial charge in [-0.1, -0.05) is 17.7 Å². The van der Waals surface area contributed by atoms with E-state index in [1.54, 1.807) is 49.5 Å². The van der Waals surface area contributed by atoms with E-state index in [9.17, 15) is 9.59 Å². The highest BCUT2D eigenvalue weighted by molar-refractivity contribution is 9.10. The molecule has 128 valence electrons. The fourth-order valence-corrected chi connectivity index (χ4v) is 2.64. The number of carbonyl (C=O) groups is 2. The minimum absolute atomic E-state index is 0.112. The molecule has 2 aromatic rings. The molecule has 3 amide bonds. The molecule has 0 atom stereocenters. The number of hydrogen-bond acceptors (Lipinski definition) is 3. The Kier molecular flexibility index (Phi) is 4.91. The van der Waals surface area contributed by atoms with Crippen LogP contribution in [-0.2, 0) is 4.79 Å². The molecule has 0 unspecified atom stereocenters. The second kappa shape index (κ2) is 7.12. The first-order valence-corrected chi connectivity index (χ1v) is 8.27. The third-order valence-electron chi connectivity index (χ3n) is 3.29. The van der Waals surface area contributed by atoms with Crippen LogP contribution in [0.3, 0.4) is 0 Å². The number of nitrogens with one attached hydrogen (secondary N) is 2. The van der Waals surface area contributed by atoms with Crippen molar-refractivity contribution in [3.8, 4) is 0 Å². The van der Waals surface area contributed by atoms with E-state index in [1.165, 1.54) is 4.90 Å². The van der Waals surface area contributed by atoms with E-state index in [0.29, 0.717) is 26.8 Å². The topological polar surface area (TPSA) is 86.9 Å². The molecule has 0 saturated carbocycles. The number of guanidine groups is 1. The molecule has 0 radical (unpaired) electrons. The molecule has 1 fully saturated rings. The van der Waals surface area contributed by atoms with Crippen molar-refractivity contribution in [3.05, 3.63) is 57.5 Å². The zero-order valence-electron chi connectivity index (χ0n) is 12.9. The lowest BCUT2D eigenvalue weighted by Gasteiger charge is -2.10. The van der Waals surface area contributed by atoms with Gasteiger partial charge >= 0.3 is 6.03 Å². The molecular weight excluding hydrogens is 412 g/mol. The fourth-order valence-electron chi connectivity index (χ4n) is 2.14. The molecule has 1 aromatic carbocycles. The van der Waals surface area contributed by atoms with Crippen molar-refractivity contribution in [3.63, 3.8) is 0 Å². The highest BCUT2D eigenvalue weighted by Gasteiger charge is 2.29. The summed E-state index contributed by atoms with van der Waals surface area (Å²) in [6, 6.07) is 9.46. The van der Waals surface area contributed by atoms with Crippen LogP contribution in [0.25, 0.3) is 6.08 Å². The van der Waals surface area contributed by atoms with Gasteiger partial charge in [-0.15, -0.1) is 0 Å². The summed E-state index contributed by atoms with van der Waals surface area (Å²) in [5.41, 5.74) is 0.807. The lowest BCUT2D eigenvalue weighted by Crippen LogP contribution is -2.29. The number of urea groups is 1. The summed E-state index contributed by atoms with van der Waals surface area (Å²) in [5.74, 6) is 0.222. The molecule has 1 aliphatic heterocycles. The molecule has 2 heterocycles. The quantitative estimate of drug-likeness (QED) is 0.721. The predicted octanol–water partition coefficient (Wildman–Crippen LogP) is 3.69. The Labute approximate surface area is 156 Å². The van der Waals surface area contributed by atoms with Gasteiger partial charge in [0.1, 0.15) is 11.5 Å². The number of hydrogen-bond donors (Lipinski definition) is 2. The van der Waals surface area contributed by atoms with Crippen LogP contribution in [0.2, 0.25) is 5.02 Å². The minimum atomic E-state index is -0.633. The number of anilines is 1. The summed E-state index contributed by atoms with van der Waals surface area (Å²) in [4.78, 5) is 29.5. The number of rotatable bonds is 2. The highest BCUT2D eigenvalue weighted by Crippen LogP contribution is 2.20. The first-order chi connectivity index (χ1) is 11.9. The van der Waals surface area contributed by atoms with Gasteiger partial charge in [-0.25, -0.2) is 4.79 Å². The molecule has 7 nitrogen and oxygen atoms in total. The van der Waals surface area contributed by atoms with Crippen molar-refractivity contribution in [2.75, 3.05) is 12.4 Å². The Morgan fingerprint density at radius 1 is 1.40 bits per heavy atom. The molecule has 1 saturated heterocycles. The average Bonchev–Trinajstić information content (AvgIpc) is 3.06. The molecule has 2 N–H and O–H groups in total. The second-order valence-corrected chi connectivity index (χ2v) is 6.28. The van der Waals surface area contributed by atoms with Gasteiger partial charge in [0, 0.05) is 23.8 Å². The summed E-state index contributed by atoms with van der Waals surface area (Å²) >= 11 is 9.06. The van der Waals surface area contributed by atoms with Crippen LogP contribution in [0.4, 0.5) is 10.5 Å². The number of halogens is 2. The summed E-state index contributed by atoms with van der Waals surface area (Å²) in [6.45, 7) is 0. The van der Waals surface area contributed by atoms with Gasteiger partial charge in [0.25, 0.3) is 5.91 Å². The number of nitrogens with zero attached hydrogens (tertiary/aromatic N) is 2. The van der Waals surface area contributed by atoms with Gasteiger partial charge in [-0.2, -0.15) is 4.99 Å². The van der Waals surface area contributed by atoms with E-state index in [1.807, 2.05) is 0 Å². The van der Waals surface area contributed by atoms with E-state index >= 15 is 0 Å². The molecular formula is C16H12BrClN4O3. The van der Waals surface area contributed by atoms with Crippen molar-refractivity contribution < 1.29 is 14.0 Å². The van der Waals surface area contributed by atoms with Crippen molar-refractivity contribution in [2.24, 2.45) is 4.99 Å². The molecule has 0 spiro atoms. The van der Waals surface area contributed by atoms with Crippen LogP contribution >= 0.6 is 27.5 Å². The zero-order valence-corrected chi connectivity index (χ0v) is 15.3. The third-order valence-corrected chi connectivity index (χ3v) is 3.95. The van der Waals surface area contributed by atoms with Crippen LogP contribution in [0.15, 0.2) is 56.2 Å².